The summed E-state index contributed by atoms with van der Waals surface area (Å²) in [5.74, 6) is 0.744. The van der Waals surface area contributed by atoms with Crippen LogP contribution in [0.3, 0.4) is 0 Å². The van der Waals surface area contributed by atoms with Gasteiger partial charge < -0.3 is 10.1 Å². The van der Waals surface area contributed by atoms with Crippen molar-refractivity contribution in [3.05, 3.63) is 39.8 Å². The molecule has 0 atom stereocenters. The van der Waals surface area contributed by atoms with Gasteiger partial charge in [-0.05, 0) is 30.0 Å². The fourth-order valence-corrected chi connectivity index (χ4v) is 3.03. The van der Waals surface area contributed by atoms with Crippen LogP contribution in [0.2, 0.25) is 0 Å². The lowest BCUT2D eigenvalue weighted by Crippen LogP contribution is -2.16. The van der Waals surface area contributed by atoms with Crippen LogP contribution in [-0.2, 0) is 0 Å². The lowest BCUT2D eigenvalue weighted by Gasteiger charge is -2.06. The summed E-state index contributed by atoms with van der Waals surface area (Å²) in [4.78, 5) is 17.4. The van der Waals surface area contributed by atoms with Crippen molar-refractivity contribution >= 4 is 41.2 Å². The molecule has 0 bridgehead atoms. The van der Waals surface area contributed by atoms with E-state index in [1.165, 1.54) is 11.3 Å². The molecule has 0 radical (unpaired) electrons. The molecule has 2 rings (SSSR count). The standard InChI is InChI=1S/C15H16N2O2S2/c1-16-15(18)13-9-17-14(21-13)7-5-10-4-6-12(20-3)11(8-10)19-2/h4-9H,1-3H3,(H,16,18)/b7-5+. The highest BCUT2D eigenvalue weighted by atomic mass is 32.2. The molecule has 0 aliphatic heterocycles. The molecule has 6 heteroatoms. The average Bonchev–Trinajstić information content (AvgIpc) is 3.00. The summed E-state index contributed by atoms with van der Waals surface area (Å²) >= 11 is 3.01. The molecular weight excluding hydrogens is 304 g/mol. The third kappa shape index (κ3) is 3.86. The van der Waals surface area contributed by atoms with Crippen molar-refractivity contribution in [2.24, 2.45) is 0 Å². The Kier molecular flexibility index (Phi) is 5.41. The number of thiazole rings is 1. The summed E-state index contributed by atoms with van der Waals surface area (Å²) < 4.78 is 5.36. The summed E-state index contributed by atoms with van der Waals surface area (Å²) in [6, 6.07) is 6.04. The van der Waals surface area contributed by atoms with Gasteiger partial charge in [-0.1, -0.05) is 12.1 Å². The molecule has 110 valence electrons. The molecule has 1 aromatic carbocycles. The minimum atomic E-state index is -0.113. The van der Waals surface area contributed by atoms with E-state index in [9.17, 15) is 4.79 Å². The second-order valence-corrected chi connectivity index (χ2v) is 6.00. The Bertz CT molecular complexity index is 665. The monoisotopic (exact) mass is 320 g/mol. The van der Waals surface area contributed by atoms with Gasteiger partial charge in [0.1, 0.15) is 15.6 Å². The lowest BCUT2D eigenvalue weighted by molar-refractivity contribution is 0.0967. The third-order valence-electron chi connectivity index (χ3n) is 2.80. The van der Waals surface area contributed by atoms with Crippen molar-refractivity contribution in [3.8, 4) is 5.75 Å². The zero-order valence-corrected chi connectivity index (χ0v) is 13.7. The Morgan fingerprint density at radius 1 is 1.43 bits per heavy atom. The number of rotatable bonds is 5. The molecule has 0 aliphatic rings. The number of aromatic nitrogens is 1. The van der Waals surface area contributed by atoms with Gasteiger partial charge in [0, 0.05) is 11.9 Å². The molecule has 21 heavy (non-hydrogen) atoms. The average molecular weight is 320 g/mol. The third-order valence-corrected chi connectivity index (χ3v) is 4.54. The smallest absolute Gasteiger partial charge is 0.262 e. The summed E-state index contributed by atoms with van der Waals surface area (Å²) in [6.07, 6.45) is 7.45. The van der Waals surface area contributed by atoms with Crippen molar-refractivity contribution in [1.29, 1.82) is 0 Å². The van der Waals surface area contributed by atoms with E-state index in [-0.39, 0.29) is 5.91 Å². The van der Waals surface area contributed by atoms with Crippen molar-refractivity contribution in [2.45, 2.75) is 4.90 Å². The molecule has 1 N–H and O–H groups in total. The van der Waals surface area contributed by atoms with E-state index in [1.807, 2.05) is 36.6 Å². The summed E-state index contributed by atoms with van der Waals surface area (Å²) in [5.41, 5.74) is 1.03. The van der Waals surface area contributed by atoms with Crippen LogP contribution in [0.15, 0.2) is 29.3 Å². The Balaban J connectivity index is 2.17. The first-order valence-corrected chi connectivity index (χ1v) is 8.30. The number of nitrogens with zero attached hydrogens (tertiary/aromatic N) is 1. The van der Waals surface area contributed by atoms with Crippen molar-refractivity contribution in [1.82, 2.24) is 10.3 Å². The van der Waals surface area contributed by atoms with Gasteiger partial charge in [0.2, 0.25) is 0 Å². The normalized spacial score (nSPS) is 10.8. The molecule has 1 aromatic heterocycles. The predicted molar refractivity (Wildman–Crippen MR) is 89.2 cm³/mol. The zero-order chi connectivity index (χ0) is 15.2. The second kappa shape index (κ2) is 7.28. The Morgan fingerprint density at radius 2 is 2.24 bits per heavy atom. The number of carbonyl (C=O) groups excluding carboxylic acids is 1. The van der Waals surface area contributed by atoms with Gasteiger partial charge in [0.15, 0.2) is 0 Å². The fourth-order valence-electron chi connectivity index (χ4n) is 1.72. The molecule has 0 saturated carbocycles. The van der Waals surface area contributed by atoms with E-state index >= 15 is 0 Å². The van der Waals surface area contributed by atoms with E-state index in [1.54, 1.807) is 32.1 Å². The maximum absolute atomic E-state index is 11.5. The van der Waals surface area contributed by atoms with Crippen LogP contribution < -0.4 is 10.1 Å². The number of nitrogens with one attached hydrogen (secondary N) is 1. The molecular formula is C15H16N2O2S2. The SMILES string of the molecule is CNC(=O)c1cnc(/C=C/c2ccc(SC)c(OC)c2)s1. The van der Waals surface area contributed by atoms with Gasteiger partial charge in [-0.25, -0.2) is 4.98 Å². The first-order valence-electron chi connectivity index (χ1n) is 6.26. The molecule has 0 unspecified atom stereocenters. The van der Waals surface area contributed by atoms with Gasteiger partial charge in [-0.15, -0.1) is 23.1 Å². The lowest BCUT2D eigenvalue weighted by atomic mass is 10.2. The summed E-state index contributed by atoms with van der Waals surface area (Å²) in [7, 11) is 3.27. The number of ether oxygens (including phenoxy) is 1. The van der Waals surface area contributed by atoms with E-state index in [0.29, 0.717) is 4.88 Å². The van der Waals surface area contributed by atoms with Crippen LogP contribution in [0.4, 0.5) is 0 Å². The first-order chi connectivity index (χ1) is 10.2. The van der Waals surface area contributed by atoms with Gasteiger partial charge >= 0.3 is 0 Å². The first kappa shape index (κ1) is 15.6. The molecule has 1 heterocycles. The topological polar surface area (TPSA) is 51.2 Å². The highest BCUT2D eigenvalue weighted by Crippen LogP contribution is 2.29. The highest BCUT2D eigenvalue weighted by molar-refractivity contribution is 7.98. The molecule has 2 aromatic rings. The molecule has 0 fully saturated rings. The second-order valence-electron chi connectivity index (χ2n) is 4.09. The van der Waals surface area contributed by atoms with Crippen molar-refractivity contribution < 1.29 is 9.53 Å². The zero-order valence-electron chi connectivity index (χ0n) is 12.0. The largest absolute Gasteiger partial charge is 0.496 e. The van der Waals surface area contributed by atoms with Crippen LogP contribution in [0.5, 0.6) is 5.75 Å². The number of carbonyl (C=O) groups is 1. The maximum atomic E-state index is 11.5. The Labute approximate surface area is 132 Å². The van der Waals surface area contributed by atoms with Crippen molar-refractivity contribution in [3.63, 3.8) is 0 Å². The van der Waals surface area contributed by atoms with Crippen LogP contribution in [-0.4, -0.2) is 31.3 Å². The van der Waals surface area contributed by atoms with E-state index in [0.717, 1.165) is 21.2 Å². The molecule has 1 amide bonds. The quantitative estimate of drug-likeness (QED) is 0.858. The number of amides is 1. The number of hydrogen-bond donors (Lipinski definition) is 1. The number of methoxy groups -OCH3 is 1. The van der Waals surface area contributed by atoms with E-state index < -0.39 is 0 Å². The van der Waals surface area contributed by atoms with Crippen LogP contribution in [0.1, 0.15) is 20.2 Å². The Hall–Kier alpha value is -1.79. The van der Waals surface area contributed by atoms with Crippen LogP contribution in [0.25, 0.3) is 12.2 Å². The molecule has 0 spiro atoms. The van der Waals surface area contributed by atoms with Gasteiger partial charge in [0.25, 0.3) is 5.91 Å². The van der Waals surface area contributed by atoms with E-state index in [4.69, 9.17) is 4.74 Å². The molecule has 4 nitrogen and oxygen atoms in total. The minimum absolute atomic E-state index is 0.113. The fraction of sp³-hybridized carbons (Fsp3) is 0.200. The molecule has 0 aliphatic carbocycles. The van der Waals surface area contributed by atoms with Crippen LogP contribution in [0, 0.1) is 0 Å². The summed E-state index contributed by atoms with van der Waals surface area (Å²) in [6.45, 7) is 0. The Morgan fingerprint density at radius 3 is 2.90 bits per heavy atom. The van der Waals surface area contributed by atoms with E-state index in [2.05, 4.69) is 10.3 Å². The van der Waals surface area contributed by atoms with Gasteiger partial charge in [-0.2, -0.15) is 0 Å². The number of benzene rings is 1. The summed E-state index contributed by atoms with van der Waals surface area (Å²) in [5, 5.41) is 3.38. The highest BCUT2D eigenvalue weighted by Gasteiger charge is 2.07. The predicted octanol–water partition coefficient (Wildman–Crippen LogP) is 3.40. The molecule has 0 saturated heterocycles. The number of thioether (sulfide) groups is 1. The maximum Gasteiger partial charge on any atom is 0.262 e. The minimum Gasteiger partial charge on any atom is -0.496 e. The van der Waals surface area contributed by atoms with Crippen molar-refractivity contribution in [2.75, 3.05) is 20.4 Å². The van der Waals surface area contributed by atoms with Gasteiger partial charge in [0.05, 0.1) is 13.3 Å². The van der Waals surface area contributed by atoms with Crippen LogP contribution >= 0.6 is 23.1 Å². The van der Waals surface area contributed by atoms with Gasteiger partial charge in [-0.3, -0.25) is 4.79 Å². The number of hydrogen-bond acceptors (Lipinski definition) is 5.